The van der Waals surface area contributed by atoms with Crippen molar-refractivity contribution in [1.29, 1.82) is 0 Å². The summed E-state index contributed by atoms with van der Waals surface area (Å²) < 4.78 is 17.9. The second kappa shape index (κ2) is 6.50. The van der Waals surface area contributed by atoms with Gasteiger partial charge >= 0.3 is 0 Å². The van der Waals surface area contributed by atoms with Crippen LogP contribution in [0.1, 0.15) is 18.4 Å². The van der Waals surface area contributed by atoms with Gasteiger partial charge in [-0.3, -0.25) is 4.79 Å². The number of carbonyl (C=O) groups is 1. The van der Waals surface area contributed by atoms with Gasteiger partial charge in [-0.25, -0.2) is 4.39 Å². The molecule has 1 fully saturated rings. The summed E-state index contributed by atoms with van der Waals surface area (Å²) in [7, 11) is 0. The number of amides is 1. The van der Waals surface area contributed by atoms with Crippen LogP contribution in [0.5, 0.6) is 0 Å². The molecule has 1 saturated heterocycles. The van der Waals surface area contributed by atoms with Crippen molar-refractivity contribution in [2.24, 2.45) is 0 Å². The lowest BCUT2D eigenvalue weighted by atomic mass is 10.1. The standard InChI is InChI=1S/C14H18FNO2/c15-13-6-4-12(5-7-13)2-1-3-14(17)16-8-10-18-11-9-16/h4-7H,1-3,8-11H2. The minimum atomic E-state index is -0.219. The zero-order valence-corrected chi connectivity index (χ0v) is 10.4. The molecule has 1 aromatic carbocycles. The van der Waals surface area contributed by atoms with E-state index in [1.165, 1.54) is 12.1 Å². The normalized spacial score (nSPS) is 15.7. The summed E-state index contributed by atoms with van der Waals surface area (Å²) in [5.41, 5.74) is 1.08. The van der Waals surface area contributed by atoms with Gasteiger partial charge in [0.1, 0.15) is 5.82 Å². The van der Waals surface area contributed by atoms with Crippen molar-refractivity contribution in [2.45, 2.75) is 19.3 Å². The molecule has 1 aliphatic rings. The van der Waals surface area contributed by atoms with Crippen molar-refractivity contribution < 1.29 is 13.9 Å². The summed E-state index contributed by atoms with van der Waals surface area (Å²) in [6, 6.07) is 6.46. The molecular formula is C14H18FNO2. The number of morpholine rings is 1. The number of rotatable bonds is 4. The van der Waals surface area contributed by atoms with Gasteiger partial charge in [-0.05, 0) is 30.5 Å². The predicted molar refractivity (Wildman–Crippen MR) is 66.7 cm³/mol. The van der Waals surface area contributed by atoms with Crippen molar-refractivity contribution in [3.8, 4) is 0 Å². The Labute approximate surface area is 107 Å². The highest BCUT2D eigenvalue weighted by molar-refractivity contribution is 5.76. The maximum Gasteiger partial charge on any atom is 0.222 e. The lowest BCUT2D eigenvalue weighted by molar-refractivity contribution is -0.135. The van der Waals surface area contributed by atoms with Gasteiger partial charge in [0.05, 0.1) is 13.2 Å². The van der Waals surface area contributed by atoms with E-state index in [1.807, 2.05) is 4.90 Å². The van der Waals surface area contributed by atoms with Crippen LogP contribution in [0.25, 0.3) is 0 Å². The molecule has 0 radical (unpaired) electrons. The first kappa shape index (κ1) is 13.0. The second-order valence-corrected chi connectivity index (χ2v) is 4.47. The third-order valence-corrected chi connectivity index (χ3v) is 3.13. The van der Waals surface area contributed by atoms with Gasteiger partial charge in [-0.1, -0.05) is 12.1 Å². The summed E-state index contributed by atoms with van der Waals surface area (Å²) in [5.74, 6) is -0.0245. The first-order valence-electron chi connectivity index (χ1n) is 6.35. The summed E-state index contributed by atoms with van der Waals surface area (Å²) in [5, 5.41) is 0. The Hall–Kier alpha value is -1.42. The first-order valence-corrected chi connectivity index (χ1v) is 6.35. The molecule has 2 rings (SSSR count). The van der Waals surface area contributed by atoms with Crippen LogP contribution in [-0.2, 0) is 16.0 Å². The molecule has 0 aliphatic carbocycles. The molecule has 0 N–H and O–H groups in total. The van der Waals surface area contributed by atoms with Gasteiger partial charge < -0.3 is 9.64 Å². The van der Waals surface area contributed by atoms with E-state index in [2.05, 4.69) is 0 Å². The van der Waals surface area contributed by atoms with Crippen LogP contribution in [0.3, 0.4) is 0 Å². The van der Waals surface area contributed by atoms with Crippen molar-refractivity contribution in [3.63, 3.8) is 0 Å². The topological polar surface area (TPSA) is 29.5 Å². The van der Waals surface area contributed by atoms with E-state index >= 15 is 0 Å². The molecule has 1 heterocycles. The van der Waals surface area contributed by atoms with E-state index in [4.69, 9.17) is 4.74 Å². The van der Waals surface area contributed by atoms with Crippen LogP contribution in [-0.4, -0.2) is 37.1 Å². The number of hydrogen-bond acceptors (Lipinski definition) is 2. The predicted octanol–water partition coefficient (Wildman–Crippen LogP) is 2.01. The summed E-state index contributed by atoms with van der Waals surface area (Å²) in [6.45, 7) is 2.69. The monoisotopic (exact) mass is 251 g/mol. The summed E-state index contributed by atoms with van der Waals surface area (Å²) in [4.78, 5) is 13.7. The van der Waals surface area contributed by atoms with Crippen LogP contribution in [0.2, 0.25) is 0 Å². The van der Waals surface area contributed by atoms with Crippen molar-refractivity contribution in [3.05, 3.63) is 35.6 Å². The number of hydrogen-bond donors (Lipinski definition) is 0. The Kier molecular flexibility index (Phi) is 4.70. The SMILES string of the molecule is O=C(CCCc1ccc(F)cc1)N1CCOCC1. The van der Waals surface area contributed by atoms with Gasteiger partial charge in [-0.15, -0.1) is 0 Å². The Bertz CT molecular complexity index is 385. The Balaban J connectivity index is 1.71. The quantitative estimate of drug-likeness (QED) is 0.819. The maximum atomic E-state index is 12.7. The number of halogens is 1. The fraction of sp³-hybridized carbons (Fsp3) is 0.500. The lowest BCUT2D eigenvalue weighted by Crippen LogP contribution is -2.40. The molecule has 0 saturated carbocycles. The molecular weight excluding hydrogens is 233 g/mol. The smallest absolute Gasteiger partial charge is 0.222 e. The average Bonchev–Trinajstić information content (AvgIpc) is 2.42. The molecule has 0 spiro atoms. The van der Waals surface area contributed by atoms with E-state index < -0.39 is 0 Å². The van der Waals surface area contributed by atoms with E-state index in [0.717, 1.165) is 18.4 Å². The highest BCUT2D eigenvalue weighted by Crippen LogP contribution is 2.09. The minimum absolute atomic E-state index is 0.195. The number of benzene rings is 1. The molecule has 18 heavy (non-hydrogen) atoms. The molecule has 0 bridgehead atoms. The van der Waals surface area contributed by atoms with Crippen molar-refractivity contribution >= 4 is 5.91 Å². The molecule has 0 unspecified atom stereocenters. The molecule has 1 amide bonds. The number of nitrogens with zero attached hydrogens (tertiary/aromatic N) is 1. The fourth-order valence-electron chi connectivity index (χ4n) is 2.07. The molecule has 1 aliphatic heterocycles. The number of ether oxygens (including phenoxy) is 1. The zero-order valence-electron chi connectivity index (χ0n) is 10.4. The number of aryl methyl sites for hydroxylation is 1. The van der Waals surface area contributed by atoms with Gasteiger partial charge in [0.15, 0.2) is 0 Å². The molecule has 3 nitrogen and oxygen atoms in total. The minimum Gasteiger partial charge on any atom is -0.378 e. The molecule has 0 atom stereocenters. The highest BCUT2D eigenvalue weighted by atomic mass is 19.1. The Morgan fingerprint density at radius 3 is 2.56 bits per heavy atom. The van der Waals surface area contributed by atoms with Gasteiger partial charge in [0.25, 0.3) is 0 Å². The Morgan fingerprint density at radius 1 is 1.22 bits per heavy atom. The van der Waals surface area contributed by atoms with E-state index in [9.17, 15) is 9.18 Å². The molecule has 0 aromatic heterocycles. The third-order valence-electron chi connectivity index (χ3n) is 3.13. The summed E-state index contributed by atoms with van der Waals surface area (Å²) >= 11 is 0. The fourth-order valence-corrected chi connectivity index (χ4v) is 2.07. The van der Waals surface area contributed by atoms with Crippen LogP contribution in [0, 0.1) is 5.82 Å². The van der Waals surface area contributed by atoms with Crippen molar-refractivity contribution in [1.82, 2.24) is 4.90 Å². The van der Waals surface area contributed by atoms with Gasteiger partial charge in [0.2, 0.25) is 5.91 Å². The molecule has 98 valence electrons. The van der Waals surface area contributed by atoms with Crippen LogP contribution in [0.4, 0.5) is 4.39 Å². The largest absolute Gasteiger partial charge is 0.378 e. The van der Waals surface area contributed by atoms with Crippen LogP contribution >= 0.6 is 0 Å². The van der Waals surface area contributed by atoms with E-state index in [0.29, 0.717) is 32.7 Å². The van der Waals surface area contributed by atoms with E-state index in [1.54, 1.807) is 12.1 Å². The molecule has 4 heteroatoms. The van der Waals surface area contributed by atoms with E-state index in [-0.39, 0.29) is 11.7 Å². The van der Waals surface area contributed by atoms with Gasteiger partial charge in [-0.2, -0.15) is 0 Å². The third kappa shape index (κ3) is 3.81. The second-order valence-electron chi connectivity index (χ2n) is 4.47. The highest BCUT2D eigenvalue weighted by Gasteiger charge is 2.15. The van der Waals surface area contributed by atoms with Crippen molar-refractivity contribution in [2.75, 3.05) is 26.3 Å². The lowest BCUT2D eigenvalue weighted by Gasteiger charge is -2.26. The molecule has 1 aromatic rings. The van der Waals surface area contributed by atoms with Gasteiger partial charge in [0, 0.05) is 19.5 Å². The average molecular weight is 251 g/mol. The van der Waals surface area contributed by atoms with Crippen LogP contribution in [0.15, 0.2) is 24.3 Å². The van der Waals surface area contributed by atoms with Crippen LogP contribution < -0.4 is 0 Å². The Morgan fingerprint density at radius 2 is 1.89 bits per heavy atom. The summed E-state index contributed by atoms with van der Waals surface area (Å²) in [6.07, 6.45) is 2.18. The maximum absolute atomic E-state index is 12.7. The first-order chi connectivity index (χ1) is 8.75. The number of carbonyl (C=O) groups excluding carboxylic acids is 1. The zero-order chi connectivity index (χ0) is 12.8.